The van der Waals surface area contributed by atoms with Gasteiger partial charge in [0.2, 0.25) is 0 Å². The summed E-state index contributed by atoms with van der Waals surface area (Å²) in [4.78, 5) is 11.7. The lowest BCUT2D eigenvalue weighted by Crippen LogP contribution is -2.37. The normalized spacial score (nSPS) is 12.9. The highest BCUT2D eigenvalue weighted by molar-refractivity contribution is 6.32. The largest absolute Gasteiger partial charge is 0.506 e. The predicted molar refractivity (Wildman–Crippen MR) is 74.3 cm³/mol. The second-order valence-corrected chi connectivity index (χ2v) is 5.55. The van der Waals surface area contributed by atoms with Crippen molar-refractivity contribution in [2.75, 3.05) is 6.54 Å². The van der Waals surface area contributed by atoms with Crippen LogP contribution in [0.1, 0.15) is 32.4 Å². The quantitative estimate of drug-likeness (QED) is 0.797. The number of nitrogens with one attached hydrogen (secondary N) is 1. The number of rotatable bonds is 3. The zero-order chi connectivity index (χ0) is 14.6. The minimum absolute atomic E-state index is 0.0153. The Morgan fingerprint density at radius 2 is 2.16 bits per heavy atom. The third kappa shape index (κ3) is 4.96. The molecule has 0 fully saturated rings. The molecular weight excluding hydrogens is 268 g/mol. The SMILES string of the molecule is CC(C)(C)OC(=O)NC(CN)c1ccc(O)c(Cl)c1. The van der Waals surface area contributed by atoms with Crippen molar-refractivity contribution in [3.05, 3.63) is 28.8 Å². The number of aromatic hydroxyl groups is 1. The van der Waals surface area contributed by atoms with Gasteiger partial charge < -0.3 is 20.9 Å². The molecule has 0 heterocycles. The van der Waals surface area contributed by atoms with Crippen molar-refractivity contribution in [1.82, 2.24) is 5.32 Å². The number of nitrogens with two attached hydrogens (primary N) is 1. The topological polar surface area (TPSA) is 84.6 Å². The van der Waals surface area contributed by atoms with Gasteiger partial charge in [-0.1, -0.05) is 17.7 Å². The van der Waals surface area contributed by atoms with Gasteiger partial charge in [0.05, 0.1) is 11.1 Å². The fraction of sp³-hybridized carbons (Fsp3) is 0.462. The number of benzene rings is 1. The van der Waals surface area contributed by atoms with Crippen LogP contribution in [0.5, 0.6) is 5.75 Å². The Labute approximate surface area is 117 Å². The van der Waals surface area contributed by atoms with Gasteiger partial charge in [-0.05, 0) is 38.5 Å². The highest BCUT2D eigenvalue weighted by Crippen LogP contribution is 2.26. The fourth-order valence-corrected chi connectivity index (χ4v) is 1.66. The Morgan fingerprint density at radius 3 is 2.63 bits per heavy atom. The number of phenolic OH excluding ortho intramolecular Hbond substituents is 1. The molecule has 1 rings (SSSR count). The summed E-state index contributed by atoms with van der Waals surface area (Å²) in [5.41, 5.74) is 5.76. The minimum atomic E-state index is -0.574. The third-order valence-electron chi connectivity index (χ3n) is 2.30. The van der Waals surface area contributed by atoms with Gasteiger partial charge in [0.1, 0.15) is 11.4 Å². The molecule has 6 heteroatoms. The second kappa shape index (κ2) is 6.12. The van der Waals surface area contributed by atoms with E-state index in [2.05, 4.69) is 5.32 Å². The molecule has 0 saturated heterocycles. The van der Waals surface area contributed by atoms with Crippen LogP contribution >= 0.6 is 11.6 Å². The maximum atomic E-state index is 11.7. The number of amides is 1. The molecule has 1 aromatic rings. The van der Waals surface area contributed by atoms with Crippen molar-refractivity contribution in [1.29, 1.82) is 0 Å². The molecule has 0 radical (unpaired) electrons. The van der Waals surface area contributed by atoms with Crippen molar-refractivity contribution < 1.29 is 14.6 Å². The maximum absolute atomic E-state index is 11.7. The summed E-state index contributed by atoms with van der Waals surface area (Å²) in [6.07, 6.45) is -0.549. The molecular formula is C13H19ClN2O3. The van der Waals surface area contributed by atoms with E-state index in [0.29, 0.717) is 5.56 Å². The molecule has 0 spiro atoms. The van der Waals surface area contributed by atoms with Crippen LogP contribution in [-0.2, 0) is 4.74 Å². The molecule has 19 heavy (non-hydrogen) atoms. The fourth-order valence-electron chi connectivity index (χ4n) is 1.47. The maximum Gasteiger partial charge on any atom is 0.408 e. The third-order valence-corrected chi connectivity index (χ3v) is 2.60. The van der Waals surface area contributed by atoms with E-state index in [1.807, 2.05) is 0 Å². The van der Waals surface area contributed by atoms with Crippen LogP contribution in [0.4, 0.5) is 4.79 Å². The van der Waals surface area contributed by atoms with Gasteiger partial charge in [-0.2, -0.15) is 0 Å². The highest BCUT2D eigenvalue weighted by atomic mass is 35.5. The lowest BCUT2D eigenvalue weighted by molar-refractivity contribution is 0.0505. The van der Waals surface area contributed by atoms with Gasteiger partial charge in [0.25, 0.3) is 0 Å². The Balaban J connectivity index is 2.78. The Bertz CT molecular complexity index is 458. The lowest BCUT2D eigenvalue weighted by Gasteiger charge is -2.23. The predicted octanol–water partition coefficient (Wildman–Crippen LogP) is 2.57. The second-order valence-electron chi connectivity index (χ2n) is 5.15. The van der Waals surface area contributed by atoms with Gasteiger partial charge in [0.15, 0.2) is 0 Å². The van der Waals surface area contributed by atoms with E-state index in [-0.39, 0.29) is 17.3 Å². The molecule has 0 aliphatic rings. The molecule has 0 aromatic heterocycles. The zero-order valence-electron chi connectivity index (χ0n) is 11.2. The zero-order valence-corrected chi connectivity index (χ0v) is 12.0. The molecule has 0 aliphatic carbocycles. The lowest BCUT2D eigenvalue weighted by atomic mass is 10.1. The van der Waals surface area contributed by atoms with Crippen molar-refractivity contribution in [3.8, 4) is 5.75 Å². The summed E-state index contributed by atoms with van der Waals surface area (Å²) in [6, 6.07) is 4.24. The summed E-state index contributed by atoms with van der Waals surface area (Å²) in [5.74, 6) is -0.0153. The average Bonchev–Trinajstić information content (AvgIpc) is 2.27. The standard InChI is InChI=1S/C13H19ClN2O3/c1-13(2,3)19-12(18)16-10(7-15)8-4-5-11(17)9(14)6-8/h4-6,10,17H,7,15H2,1-3H3,(H,16,18). The summed E-state index contributed by atoms with van der Waals surface area (Å²) < 4.78 is 5.16. The molecule has 1 aromatic carbocycles. The smallest absolute Gasteiger partial charge is 0.408 e. The molecule has 1 atom stereocenters. The first-order valence-electron chi connectivity index (χ1n) is 5.91. The number of alkyl carbamates (subject to hydrolysis) is 1. The minimum Gasteiger partial charge on any atom is -0.506 e. The van der Waals surface area contributed by atoms with Crippen LogP contribution < -0.4 is 11.1 Å². The first-order valence-corrected chi connectivity index (χ1v) is 6.28. The van der Waals surface area contributed by atoms with Gasteiger partial charge in [-0.25, -0.2) is 4.79 Å². The van der Waals surface area contributed by atoms with Crippen molar-refractivity contribution in [2.45, 2.75) is 32.4 Å². The summed E-state index contributed by atoms with van der Waals surface area (Å²) >= 11 is 5.82. The van der Waals surface area contributed by atoms with Gasteiger partial charge in [-0.15, -0.1) is 0 Å². The molecule has 0 aliphatic heterocycles. The number of carbonyl (C=O) groups excluding carboxylic acids is 1. The average molecular weight is 287 g/mol. The van der Waals surface area contributed by atoms with E-state index in [1.165, 1.54) is 6.07 Å². The summed E-state index contributed by atoms with van der Waals surface area (Å²) in [6.45, 7) is 5.53. The van der Waals surface area contributed by atoms with Crippen LogP contribution in [0, 0.1) is 0 Å². The Hall–Kier alpha value is -1.46. The number of hydrogen-bond acceptors (Lipinski definition) is 4. The molecule has 1 amide bonds. The summed E-state index contributed by atoms with van der Waals surface area (Å²) in [5, 5.41) is 12.2. The van der Waals surface area contributed by atoms with E-state index in [9.17, 15) is 9.90 Å². The number of carbonyl (C=O) groups is 1. The number of ether oxygens (including phenoxy) is 1. The molecule has 5 nitrogen and oxygen atoms in total. The number of halogens is 1. The molecule has 0 saturated carbocycles. The Kier molecular flexibility index (Phi) is 5.03. The first-order chi connectivity index (χ1) is 8.73. The summed E-state index contributed by atoms with van der Waals surface area (Å²) in [7, 11) is 0. The number of phenols is 1. The van der Waals surface area contributed by atoms with E-state index >= 15 is 0 Å². The van der Waals surface area contributed by atoms with Gasteiger partial charge in [-0.3, -0.25) is 0 Å². The molecule has 106 valence electrons. The van der Waals surface area contributed by atoms with Crippen LogP contribution in [-0.4, -0.2) is 23.3 Å². The van der Waals surface area contributed by atoms with Crippen LogP contribution in [0.15, 0.2) is 18.2 Å². The van der Waals surface area contributed by atoms with Crippen molar-refractivity contribution >= 4 is 17.7 Å². The van der Waals surface area contributed by atoms with Crippen LogP contribution in [0.2, 0.25) is 5.02 Å². The van der Waals surface area contributed by atoms with Crippen LogP contribution in [0.3, 0.4) is 0 Å². The van der Waals surface area contributed by atoms with E-state index in [0.717, 1.165) is 0 Å². The Morgan fingerprint density at radius 1 is 1.53 bits per heavy atom. The van der Waals surface area contributed by atoms with E-state index in [1.54, 1.807) is 32.9 Å². The number of hydrogen-bond donors (Lipinski definition) is 3. The molecule has 0 bridgehead atoms. The van der Waals surface area contributed by atoms with Crippen molar-refractivity contribution in [3.63, 3.8) is 0 Å². The van der Waals surface area contributed by atoms with E-state index in [4.69, 9.17) is 22.1 Å². The molecule has 4 N–H and O–H groups in total. The monoisotopic (exact) mass is 286 g/mol. The first kappa shape index (κ1) is 15.6. The van der Waals surface area contributed by atoms with Crippen LogP contribution in [0.25, 0.3) is 0 Å². The molecule has 1 unspecified atom stereocenters. The van der Waals surface area contributed by atoms with Gasteiger partial charge >= 0.3 is 6.09 Å². The van der Waals surface area contributed by atoms with Gasteiger partial charge in [0, 0.05) is 6.54 Å². The van der Waals surface area contributed by atoms with Crippen molar-refractivity contribution in [2.24, 2.45) is 5.73 Å². The highest BCUT2D eigenvalue weighted by Gasteiger charge is 2.20. The van der Waals surface area contributed by atoms with E-state index < -0.39 is 17.7 Å².